The van der Waals surface area contributed by atoms with Gasteiger partial charge in [0.15, 0.2) is 0 Å². The van der Waals surface area contributed by atoms with Gasteiger partial charge in [-0.05, 0) is 6.07 Å². The zero-order chi connectivity index (χ0) is 11.4. The van der Waals surface area contributed by atoms with E-state index in [0.29, 0.717) is 11.3 Å². The van der Waals surface area contributed by atoms with E-state index in [0.717, 1.165) is 0 Å². The largest absolute Gasteiger partial charge is 0.496 e. The summed E-state index contributed by atoms with van der Waals surface area (Å²) < 4.78 is 4.97. The topological polar surface area (TPSA) is 76.2 Å². The number of hydrogen-bond acceptors (Lipinski definition) is 4. The molecule has 0 aromatic heterocycles. The Labute approximate surface area is 86.4 Å². The van der Waals surface area contributed by atoms with Crippen molar-refractivity contribution < 1.29 is 9.66 Å². The lowest BCUT2D eigenvalue weighted by Gasteiger charge is -2.05. The van der Waals surface area contributed by atoms with Gasteiger partial charge in [-0.2, -0.15) is 5.26 Å². The van der Waals surface area contributed by atoms with Crippen molar-refractivity contribution in [1.29, 1.82) is 5.26 Å². The van der Waals surface area contributed by atoms with Crippen LogP contribution < -0.4 is 4.74 Å². The number of benzene rings is 1. The zero-order valence-corrected chi connectivity index (χ0v) is 8.06. The van der Waals surface area contributed by atoms with Crippen LogP contribution in [0.25, 0.3) is 5.57 Å². The number of methoxy groups -OCH3 is 1. The van der Waals surface area contributed by atoms with E-state index in [2.05, 4.69) is 6.58 Å². The summed E-state index contributed by atoms with van der Waals surface area (Å²) in [6, 6.07) is 5.85. The highest BCUT2D eigenvalue weighted by molar-refractivity contribution is 5.79. The molecule has 0 saturated carbocycles. The molecular formula is C10H8N2O3. The minimum Gasteiger partial charge on any atom is -0.496 e. The summed E-state index contributed by atoms with van der Waals surface area (Å²) in [6.07, 6.45) is 0. The van der Waals surface area contributed by atoms with E-state index in [1.54, 1.807) is 0 Å². The third-order valence-corrected chi connectivity index (χ3v) is 1.85. The molecule has 0 aliphatic heterocycles. The summed E-state index contributed by atoms with van der Waals surface area (Å²) in [5.74, 6) is 0.396. The normalized spacial score (nSPS) is 9.07. The minimum absolute atomic E-state index is 0.0952. The minimum atomic E-state index is -0.534. The van der Waals surface area contributed by atoms with Crippen molar-refractivity contribution in [3.05, 3.63) is 40.5 Å². The van der Waals surface area contributed by atoms with Crippen LogP contribution in [0.5, 0.6) is 5.75 Å². The van der Waals surface area contributed by atoms with E-state index in [-0.39, 0.29) is 11.3 Å². The molecule has 0 radical (unpaired) electrons. The highest BCUT2D eigenvalue weighted by atomic mass is 16.6. The first-order valence-corrected chi connectivity index (χ1v) is 4.02. The third-order valence-electron chi connectivity index (χ3n) is 1.85. The number of nitriles is 1. The van der Waals surface area contributed by atoms with Gasteiger partial charge in [-0.3, -0.25) is 10.1 Å². The Kier molecular flexibility index (Phi) is 3.03. The van der Waals surface area contributed by atoms with Crippen LogP contribution in [0.15, 0.2) is 24.8 Å². The molecule has 0 aliphatic rings. The standard InChI is InChI=1S/C10H8N2O3/c1-7(6-11)9-5-8(12(13)14)3-4-10(9)15-2/h3-5H,1H2,2H3. The van der Waals surface area contributed by atoms with Crippen LogP contribution in [0.4, 0.5) is 5.69 Å². The Morgan fingerprint density at radius 2 is 2.33 bits per heavy atom. The first kappa shape index (κ1) is 10.7. The lowest BCUT2D eigenvalue weighted by Crippen LogP contribution is -1.93. The number of rotatable bonds is 3. The van der Waals surface area contributed by atoms with Crippen LogP contribution in [0.1, 0.15) is 5.56 Å². The molecule has 1 rings (SSSR count). The Morgan fingerprint density at radius 3 is 2.80 bits per heavy atom. The van der Waals surface area contributed by atoms with Gasteiger partial charge >= 0.3 is 0 Å². The SMILES string of the molecule is C=C(C#N)c1cc([N+](=O)[O-])ccc1OC. The molecule has 0 N–H and O–H groups in total. The van der Waals surface area contributed by atoms with Crippen LogP contribution in [-0.2, 0) is 0 Å². The predicted octanol–water partition coefficient (Wildman–Crippen LogP) is 2.14. The van der Waals surface area contributed by atoms with E-state index in [1.807, 2.05) is 6.07 Å². The highest BCUT2D eigenvalue weighted by Crippen LogP contribution is 2.28. The average Bonchev–Trinajstić information content (AvgIpc) is 2.27. The van der Waals surface area contributed by atoms with Crippen LogP contribution in [-0.4, -0.2) is 12.0 Å². The third kappa shape index (κ3) is 2.11. The van der Waals surface area contributed by atoms with Gasteiger partial charge in [-0.15, -0.1) is 0 Å². The van der Waals surface area contributed by atoms with Crippen molar-refractivity contribution in [2.75, 3.05) is 7.11 Å². The first-order valence-electron chi connectivity index (χ1n) is 4.02. The molecule has 0 saturated heterocycles. The molecule has 0 amide bonds. The highest BCUT2D eigenvalue weighted by Gasteiger charge is 2.13. The van der Waals surface area contributed by atoms with Crippen molar-refractivity contribution in [2.45, 2.75) is 0 Å². The fourth-order valence-electron chi connectivity index (χ4n) is 1.11. The quantitative estimate of drug-likeness (QED) is 0.429. The molecular weight excluding hydrogens is 196 g/mol. The summed E-state index contributed by atoms with van der Waals surface area (Å²) in [7, 11) is 1.43. The van der Waals surface area contributed by atoms with E-state index in [9.17, 15) is 10.1 Å². The molecule has 0 fully saturated rings. The number of ether oxygens (including phenoxy) is 1. The van der Waals surface area contributed by atoms with E-state index in [4.69, 9.17) is 10.00 Å². The van der Waals surface area contributed by atoms with Gasteiger partial charge in [0.25, 0.3) is 5.69 Å². The molecule has 0 atom stereocenters. The molecule has 1 aromatic rings. The summed E-state index contributed by atoms with van der Waals surface area (Å²) in [4.78, 5) is 9.98. The lowest BCUT2D eigenvalue weighted by atomic mass is 10.1. The predicted molar refractivity (Wildman–Crippen MR) is 54.3 cm³/mol. The first-order chi connectivity index (χ1) is 7.10. The number of non-ortho nitro benzene ring substituents is 1. The van der Waals surface area contributed by atoms with Crippen LogP contribution in [0.2, 0.25) is 0 Å². The molecule has 76 valence electrons. The number of nitro benzene ring substituents is 1. The fourth-order valence-corrected chi connectivity index (χ4v) is 1.11. The zero-order valence-electron chi connectivity index (χ0n) is 8.06. The van der Waals surface area contributed by atoms with Gasteiger partial charge in [0.1, 0.15) is 5.75 Å². The second-order valence-corrected chi connectivity index (χ2v) is 2.73. The summed E-state index contributed by atoms with van der Waals surface area (Å²) in [5.41, 5.74) is 0.381. The second kappa shape index (κ2) is 4.24. The molecule has 0 spiro atoms. The Morgan fingerprint density at radius 1 is 1.67 bits per heavy atom. The van der Waals surface area contributed by atoms with Crippen LogP contribution in [0.3, 0.4) is 0 Å². The molecule has 0 heterocycles. The molecule has 15 heavy (non-hydrogen) atoms. The molecule has 5 heteroatoms. The number of allylic oxidation sites excluding steroid dienone is 1. The maximum Gasteiger partial charge on any atom is 0.270 e. The van der Waals surface area contributed by atoms with Crippen LogP contribution >= 0.6 is 0 Å². The molecule has 1 aromatic carbocycles. The average molecular weight is 204 g/mol. The van der Waals surface area contributed by atoms with Crippen molar-refractivity contribution in [2.24, 2.45) is 0 Å². The van der Waals surface area contributed by atoms with Crippen molar-refractivity contribution in [1.82, 2.24) is 0 Å². The number of nitrogens with zero attached hydrogens (tertiary/aromatic N) is 2. The second-order valence-electron chi connectivity index (χ2n) is 2.73. The fraction of sp³-hybridized carbons (Fsp3) is 0.100. The van der Waals surface area contributed by atoms with E-state index in [1.165, 1.54) is 25.3 Å². The molecule has 0 bridgehead atoms. The molecule has 5 nitrogen and oxygen atoms in total. The van der Waals surface area contributed by atoms with Gasteiger partial charge in [-0.1, -0.05) is 6.58 Å². The van der Waals surface area contributed by atoms with E-state index < -0.39 is 4.92 Å². The maximum absolute atomic E-state index is 10.5. The van der Waals surface area contributed by atoms with Gasteiger partial charge in [0, 0.05) is 17.7 Å². The van der Waals surface area contributed by atoms with Gasteiger partial charge in [0.05, 0.1) is 23.7 Å². The maximum atomic E-state index is 10.5. The lowest BCUT2D eigenvalue weighted by molar-refractivity contribution is -0.384. The van der Waals surface area contributed by atoms with Gasteiger partial charge < -0.3 is 4.74 Å². The molecule has 0 aliphatic carbocycles. The smallest absolute Gasteiger partial charge is 0.270 e. The van der Waals surface area contributed by atoms with E-state index >= 15 is 0 Å². The van der Waals surface area contributed by atoms with Crippen molar-refractivity contribution in [3.8, 4) is 11.8 Å². The monoisotopic (exact) mass is 204 g/mol. The van der Waals surface area contributed by atoms with Crippen LogP contribution in [0, 0.1) is 21.4 Å². The number of hydrogen-bond donors (Lipinski definition) is 0. The van der Waals surface area contributed by atoms with Crippen molar-refractivity contribution >= 4 is 11.3 Å². The Bertz CT molecular complexity index is 460. The number of nitro groups is 1. The van der Waals surface area contributed by atoms with Crippen molar-refractivity contribution in [3.63, 3.8) is 0 Å². The summed E-state index contributed by atoms with van der Waals surface area (Å²) >= 11 is 0. The van der Waals surface area contributed by atoms with Gasteiger partial charge in [-0.25, -0.2) is 0 Å². The molecule has 0 unspecified atom stereocenters. The van der Waals surface area contributed by atoms with Gasteiger partial charge in [0.2, 0.25) is 0 Å². The Hall–Kier alpha value is -2.35. The summed E-state index contributed by atoms with van der Waals surface area (Å²) in [5, 5.41) is 19.2. The Balaban J connectivity index is 3.33. The summed E-state index contributed by atoms with van der Waals surface area (Å²) in [6.45, 7) is 3.49.